The highest BCUT2D eigenvalue weighted by atomic mass is 32.2. The highest BCUT2D eigenvalue weighted by Crippen LogP contribution is 2.47. The molecule has 0 radical (unpaired) electrons. The Hall–Kier alpha value is -1.66. The van der Waals surface area contributed by atoms with Crippen molar-refractivity contribution in [2.24, 2.45) is 17.8 Å². The van der Waals surface area contributed by atoms with Crippen LogP contribution in [0.25, 0.3) is 0 Å². The molecule has 2 fully saturated rings. The van der Waals surface area contributed by atoms with Gasteiger partial charge in [-0.15, -0.1) is 0 Å². The summed E-state index contributed by atoms with van der Waals surface area (Å²) >= 11 is 0. The zero-order chi connectivity index (χ0) is 20.6. The van der Waals surface area contributed by atoms with Gasteiger partial charge in [0.05, 0.1) is 17.6 Å². The lowest BCUT2D eigenvalue weighted by Gasteiger charge is -2.29. The molecule has 2 aromatic rings. The third kappa shape index (κ3) is 4.92. The normalized spacial score (nSPS) is 17.6. The van der Waals surface area contributed by atoms with Crippen LogP contribution in [0.1, 0.15) is 50.8 Å². The lowest BCUT2D eigenvalue weighted by Crippen LogP contribution is -2.35. The van der Waals surface area contributed by atoms with Gasteiger partial charge in [0.1, 0.15) is 0 Å². The fourth-order valence-corrected chi connectivity index (χ4v) is 6.03. The Balaban J connectivity index is 1.59. The summed E-state index contributed by atoms with van der Waals surface area (Å²) in [6, 6.07) is 10.0. The van der Waals surface area contributed by atoms with E-state index >= 15 is 0 Å². The number of benzene rings is 1. The molecule has 2 saturated carbocycles. The van der Waals surface area contributed by atoms with E-state index in [4.69, 9.17) is 0 Å². The van der Waals surface area contributed by atoms with Gasteiger partial charge in [0.2, 0.25) is 15.0 Å². The quantitative estimate of drug-likeness (QED) is 0.585. The second-order valence-corrected chi connectivity index (χ2v) is 11.2. The molecule has 0 aliphatic heterocycles. The van der Waals surface area contributed by atoms with E-state index in [1.54, 1.807) is 6.20 Å². The zero-order valence-corrected chi connectivity index (χ0v) is 18.6. The maximum absolute atomic E-state index is 13.2. The number of hydrogen-bond acceptors (Lipinski definition) is 4. The van der Waals surface area contributed by atoms with Gasteiger partial charge in [-0.2, -0.15) is 0 Å². The number of hydrogen-bond donors (Lipinski definition) is 0. The van der Waals surface area contributed by atoms with Crippen molar-refractivity contribution in [3.8, 4) is 0 Å². The van der Waals surface area contributed by atoms with E-state index in [0.29, 0.717) is 18.5 Å². The van der Waals surface area contributed by atoms with Gasteiger partial charge in [0, 0.05) is 19.1 Å². The van der Waals surface area contributed by atoms with Crippen LogP contribution in [-0.2, 0) is 28.7 Å². The van der Waals surface area contributed by atoms with E-state index in [2.05, 4.69) is 30.8 Å². The van der Waals surface area contributed by atoms with Gasteiger partial charge in [-0.05, 0) is 56.0 Å². The molecule has 2 aliphatic rings. The Bertz CT molecular complexity index is 916. The topological polar surface area (TPSA) is 55.2 Å². The zero-order valence-electron chi connectivity index (χ0n) is 17.8. The molecule has 5 nitrogen and oxygen atoms in total. The Kier molecular flexibility index (Phi) is 5.85. The minimum atomic E-state index is -3.50. The molecule has 0 amide bonds. The first-order valence-corrected chi connectivity index (χ1v) is 12.5. The lowest BCUT2D eigenvalue weighted by atomic mass is 10.1. The smallest absolute Gasteiger partial charge is 0.228 e. The van der Waals surface area contributed by atoms with E-state index in [1.807, 2.05) is 34.9 Å². The summed E-state index contributed by atoms with van der Waals surface area (Å²) in [6.45, 7) is 5.68. The van der Waals surface area contributed by atoms with Crippen LogP contribution < -0.4 is 0 Å². The van der Waals surface area contributed by atoms with E-state index in [1.165, 1.54) is 25.7 Å². The molecule has 0 spiro atoms. The van der Waals surface area contributed by atoms with Crippen molar-refractivity contribution in [3.05, 3.63) is 47.8 Å². The van der Waals surface area contributed by atoms with Gasteiger partial charge in [-0.25, -0.2) is 13.4 Å². The third-order valence-corrected chi connectivity index (χ3v) is 7.65. The summed E-state index contributed by atoms with van der Waals surface area (Å²) in [5.41, 5.74) is 1.81. The van der Waals surface area contributed by atoms with Crippen molar-refractivity contribution < 1.29 is 8.42 Å². The summed E-state index contributed by atoms with van der Waals surface area (Å²) in [4.78, 5) is 6.87. The molecule has 29 heavy (non-hydrogen) atoms. The second-order valence-electron chi connectivity index (χ2n) is 9.36. The summed E-state index contributed by atoms with van der Waals surface area (Å²) < 4.78 is 28.3. The van der Waals surface area contributed by atoms with Gasteiger partial charge in [0.25, 0.3) is 0 Å². The first-order valence-electron chi connectivity index (χ1n) is 10.9. The van der Waals surface area contributed by atoms with Crippen molar-refractivity contribution in [3.63, 3.8) is 0 Å². The van der Waals surface area contributed by atoms with E-state index in [-0.39, 0.29) is 10.9 Å². The molecule has 6 heteroatoms. The predicted octanol–water partition coefficient (Wildman–Crippen LogP) is 4.13. The molecule has 0 saturated heterocycles. The SMILES string of the molecule is CC(C)Cn1c(CN(C)C(C2CC2)C2CC2)cnc1S(=O)(=O)Cc1ccccc1. The van der Waals surface area contributed by atoms with Gasteiger partial charge in [-0.3, -0.25) is 4.90 Å². The Morgan fingerprint density at radius 3 is 2.28 bits per heavy atom. The highest BCUT2D eigenvalue weighted by molar-refractivity contribution is 7.90. The molecule has 158 valence electrons. The first kappa shape index (κ1) is 20.6. The fraction of sp³-hybridized carbons (Fsp3) is 0.609. The number of sulfone groups is 1. The van der Waals surface area contributed by atoms with Crippen LogP contribution in [0.3, 0.4) is 0 Å². The number of imidazole rings is 1. The van der Waals surface area contributed by atoms with Crippen molar-refractivity contribution >= 4 is 9.84 Å². The Morgan fingerprint density at radius 1 is 1.10 bits per heavy atom. The molecule has 2 aliphatic carbocycles. The summed E-state index contributed by atoms with van der Waals surface area (Å²) in [6.07, 6.45) is 7.15. The first-order chi connectivity index (χ1) is 13.8. The van der Waals surface area contributed by atoms with Gasteiger partial charge in [0.15, 0.2) is 0 Å². The van der Waals surface area contributed by atoms with Crippen molar-refractivity contribution in [1.82, 2.24) is 14.5 Å². The summed E-state index contributed by atoms with van der Waals surface area (Å²) in [5, 5.41) is 0.216. The van der Waals surface area contributed by atoms with Gasteiger partial charge >= 0.3 is 0 Å². The second kappa shape index (κ2) is 8.23. The molecule has 1 heterocycles. The molecule has 0 bridgehead atoms. The van der Waals surface area contributed by atoms with E-state index in [0.717, 1.165) is 29.6 Å². The van der Waals surface area contributed by atoms with Gasteiger partial charge in [-0.1, -0.05) is 44.2 Å². The molecule has 1 aromatic heterocycles. The summed E-state index contributed by atoms with van der Waals surface area (Å²) in [7, 11) is -1.30. The monoisotopic (exact) mass is 415 g/mol. The van der Waals surface area contributed by atoms with Crippen molar-refractivity contribution in [2.45, 2.75) is 69.6 Å². The van der Waals surface area contributed by atoms with Gasteiger partial charge < -0.3 is 4.57 Å². The van der Waals surface area contributed by atoms with Crippen LogP contribution >= 0.6 is 0 Å². The van der Waals surface area contributed by atoms with Crippen LogP contribution in [0.5, 0.6) is 0 Å². The third-order valence-electron chi connectivity index (χ3n) is 6.06. The maximum atomic E-state index is 13.2. The molecular weight excluding hydrogens is 382 g/mol. The van der Waals surface area contributed by atoms with Crippen LogP contribution in [0.4, 0.5) is 0 Å². The largest absolute Gasteiger partial charge is 0.317 e. The average molecular weight is 416 g/mol. The number of rotatable bonds is 10. The van der Waals surface area contributed by atoms with E-state index < -0.39 is 9.84 Å². The fourth-order valence-electron chi connectivity index (χ4n) is 4.53. The van der Waals surface area contributed by atoms with Crippen LogP contribution in [-0.4, -0.2) is 36.0 Å². The molecule has 4 rings (SSSR count). The standard InChI is InChI=1S/C23H33N3O2S/c1-17(2)14-26-21(15-25(3)22(19-9-10-19)20-11-12-20)13-24-23(26)29(27,28)16-18-7-5-4-6-8-18/h4-8,13,17,19-20,22H,9-12,14-16H2,1-3H3. The maximum Gasteiger partial charge on any atom is 0.228 e. The lowest BCUT2D eigenvalue weighted by molar-refractivity contribution is 0.181. The molecular formula is C23H33N3O2S. The van der Waals surface area contributed by atoms with E-state index in [9.17, 15) is 8.42 Å². The minimum Gasteiger partial charge on any atom is -0.317 e. The Morgan fingerprint density at radius 2 is 1.72 bits per heavy atom. The predicted molar refractivity (Wildman–Crippen MR) is 115 cm³/mol. The Labute approximate surface area is 175 Å². The van der Waals surface area contributed by atoms with Crippen LogP contribution in [0, 0.1) is 17.8 Å². The minimum absolute atomic E-state index is 0.00893. The summed E-state index contributed by atoms with van der Waals surface area (Å²) in [5.74, 6) is 2.00. The molecule has 1 aromatic carbocycles. The van der Waals surface area contributed by atoms with Crippen LogP contribution in [0.15, 0.2) is 41.7 Å². The molecule has 0 unspecified atom stereocenters. The highest BCUT2D eigenvalue weighted by Gasteiger charge is 2.43. The van der Waals surface area contributed by atoms with Crippen LogP contribution in [0.2, 0.25) is 0 Å². The van der Waals surface area contributed by atoms with Crippen molar-refractivity contribution in [1.29, 1.82) is 0 Å². The van der Waals surface area contributed by atoms with Crippen molar-refractivity contribution in [2.75, 3.05) is 7.05 Å². The average Bonchev–Trinajstić information content (AvgIpc) is 3.57. The number of nitrogens with zero attached hydrogens (tertiary/aromatic N) is 3. The molecule has 0 atom stereocenters. The molecule has 0 N–H and O–H groups in total. The number of aromatic nitrogens is 2.